The molecule has 1 nitrogen and oxygen atoms in total. The van der Waals surface area contributed by atoms with E-state index in [1.165, 1.54) is 17.7 Å². The Morgan fingerprint density at radius 3 is 2.65 bits per heavy atom. The van der Waals surface area contributed by atoms with Crippen LogP contribution in [0.2, 0.25) is 0 Å². The Balaban J connectivity index is 2.22. The SMILES string of the molecule is C=CC[C@@]1(OC)CC(C)(C)CC[C@@H]1Sc1ccccc1. The normalized spacial score (nSPS) is 29.1. The summed E-state index contributed by atoms with van der Waals surface area (Å²) in [7, 11) is 1.86. The van der Waals surface area contributed by atoms with Crippen molar-refractivity contribution < 1.29 is 4.74 Å². The van der Waals surface area contributed by atoms with Crippen LogP contribution in [0, 0.1) is 5.41 Å². The summed E-state index contributed by atoms with van der Waals surface area (Å²) in [6.45, 7) is 8.66. The number of methoxy groups -OCH3 is 1. The average molecular weight is 290 g/mol. The summed E-state index contributed by atoms with van der Waals surface area (Å²) in [4.78, 5) is 1.34. The van der Waals surface area contributed by atoms with Crippen molar-refractivity contribution in [3.05, 3.63) is 43.0 Å². The molecular weight excluding hydrogens is 264 g/mol. The number of hydrogen-bond donors (Lipinski definition) is 0. The highest BCUT2D eigenvalue weighted by Gasteiger charge is 2.46. The molecule has 1 aliphatic rings. The molecule has 1 aromatic rings. The number of ether oxygens (including phenoxy) is 1. The third kappa shape index (κ3) is 3.48. The maximum Gasteiger partial charge on any atom is 0.0839 e. The van der Waals surface area contributed by atoms with Gasteiger partial charge in [-0.2, -0.15) is 0 Å². The number of benzene rings is 1. The first-order valence-corrected chi connectivity index (χ1v) is 8.27. The Morgan fingerprint density at radius 1 is 1.35 bits per heavy atom. The third-order valence-corrected chi connectivity index (χ3v) is 5.86. The molecule has 1 aromatic carbocycles. The van der Waals surface area contributed by atoms with Crippen LogP contribution < -0.4 is 0 Å². The zero-order valence-corrected chi connectivity index (χ0v) is 13.7. The fourth-order valence-electron chi connectivity index (χ4n) is 3.36. The van der Waals surface area contributed by atoms with E-state index in [4.69, 9.17) is 4.74 Å². The highest BCUT2D eigenvalue weighted by Crippen LogP contribution is 2.50. The molecule has 1 saturated carbocycles. The van der Waals surface area contributed by atoms with Crippen molar-refractivity contribution in [1.29, 1.82) is 0 Å². The molecule has 2 atom stereocenters. The van der Waals surface area contributed by atoms with Crippen molar-refractivity contribution in [2.24, 2.45) is 5.41 Å². The topological polar surface area (TPSA) is 9.23 Å². The Bertz CT molecular complexity index is 440. The first-order chi connectivity index (χ1) is 9.51. The minimum atomic E-state index is -0.0794. The predicted octanol–water partition coefficient (Wildman–Crippen LogP) is 5.32. The smallest absolute Gasteiger partial charge is 0.0839 e. The van der Waals surface area contributed by atoms with Crippen molar-refractivity contribution in [2.45, 2.75) is 55.3 Å². The number of rotatable bonds is 5. The molecule has 20 heavy (non-hydrogen) atoms. The van der Waals surface area contributed by atoms with Gasteiger partial charge in [0.05, 0.1) is 5.60 Å². The molecule has 0 bridgehead atoms. The van der Waals surface area contributed by atoms with Crippen LogP contribution >= 0.6 is 11.8 Å². The summed E-state index contributed by atoms with van der Waals surface area (Å²) in [5, 5.41) is 0.501. The van der Waals surface area contributed by atoms with Gasteiger partial charge in [-0.25, -0.2) is 0 Å². The van der Waals surface area contributed by atoms with E-state index >= 15 is 0 Å². The van der Waals surface area contributed by atoms with Gasteiger partial charge in [-0.1, -0.05) is 38.1 Å². The zero-order valence-electron chi connectivity index (χ0n) is 12.9. The molecule has 110 valence electrons. The molecule has 0 aromatic heterocycles. The summed E-state index contributed by atoms with van der Waals surface area (Å²) < 4.78 is 6.05. The summed E-state index contributed by atoms with van der Waals surface area (Å²) in [6.07, 6.45) is 6.52. The van der Waals surface area contributed by atoms with Crippen LogP contribution in [0.15, 0.2) is 47.9 Å². The molecule has 0 spiro atoms. The van der Waals surface area contributed by atoms with Crippen molar-refractivity contribution in [3.63, 3.8) is 0 Å². The van der Waals surface area contributed by atoms with Crippen molar-refractivity contribution in [2.75, 3.05) is 7.11 Å². The van der Waals surface area contributed by atoms with Crippen LogP contribution in [0.1, 0.15) is 39.5 Å². The van der Waals surface area contributed by atoms with E-state index < -0.39 is 0 Å². The lowest BCUT2D eigenvalue weighted by molar-refractivity contribution is -0.0645. The maximum absolute atomic E-state index is 6.05. The summed E-state index contributed by atoms with van der Waals surface area (Å²) in [5.74, 6) is 0. The second kappa shape index (κ2) is 6.36. The highest BCUT2D eigenvalue weighted by atomic mass is 32.2. The van der Waals surface area contributed by atoms with E-state index in [1.807, 2.05) is 24.9 Å². The van der Waals surface area contributed by atoms with Gasteiger partial charge in [0.1, 0.15) is 0 Å². The second-order valence-electron chi connectivity index (χ2n) is 6.56. The van der Waals surface area contributed by atoms with Crippen LogP contribution in [-0.4, -0.2) is 18.0 Å². The second-order valence-corrected chi connectivity index (χ2v) is 7.84. The fraction of sp³-hybridized carbons (Fsp3) is 0.556. The van der Waals surface area contributed by atoms with E-state index in [0.717, 1.165) is 12.8 Å². The van der Waals surface area contributed by atoms with Crippen LogP contribution in [-0.2, 0) is 4.74 Å². The zero-order chi connectivity index (χ0) is 14.6. The lowest BCUT2D eigenvalue weighted by atomic mass is 9.68. The molecule has 0 saturated heterocycles. The van der Waals surface area contributed by atoms with Gasteiger partial charge < -0.3 is 4.74 Å². The van der Waals surface area contributed by atoms with Crippen LogP contribution in [0.3, 0.4) is 0 Å². The van der Waals surface area contributed by atoms with E-state index in [9.17, 15) is 0 Å². The van der Waals surface area contributed by atoms with E-state index in [-0.39, 0.29) is 5.60 Å². The molecule has 0 aliphatic heterocycles. The third-order valence-electron chi connectivity index (χ3n) is 4.37. The lowest BCUT2D eigenvalue weighted by Crippen LogP contribution is -2.49. The Hall–Kier alpha value is -0.730. The molecule has 1 aliphatic carbocycles. The summed E-state index contributed by atoms with van der Waals surface area (Å²) in [6, 6.07) is 10.7. The largest absolute Gasteiger partial charge is 0.377 e. The predicted molar refractivity (Wildman–Crippen MR) is 88.3 cm³/mol. The van der Waals surface area contributed by atoms with Crippen molar-refractivity contribution in [1.82, 2.24) is 0 Å². The maximum atomic E-state index is 6.05. The Kier molecular flexibility index (Phi) is 4.98. The molecule has 0 unspecified atom stereocenters. The lowest BCUT2D eigenvalue weighted by Gasteiger charge is -2.48. The van der Waals surface area contributed by atoms with Gasteiger partial charge in [-0.05, 0) is 43.2 Å². The van der Waals surface area contributed by atoms with E-state index in [1.54, 1.807) is 0 Å². The monoisotopic (exact) mass is 290 g/mol. The van der Waals surface area contributed by atoms with Gasteiger partial charge in [0.15, 0.2) is 0 Å². The fourth-order valence-corrected chi connectivity index (χ4v) is 4.73. The van der Waals surface area contributed by atoms with Crippen LogP contribution in [0.5, 0.6) is 0 Å². The van der Waals surface area contributed by atoms with Gasteiger partial charge in [-0.15, -0.1) is 18.3 Å². The molecule has 0 N–H and O–H groups in total. The molecule has 2 rings (SSSR count). The summed E-state index contributed by atoms with van der Waals surface area (Å²) in [5.41, 5.74) is 0.275. The van der Waals surface area contributed by atoms with Gasteiger partial charge in [0.2, 0.25) is 0 Å². The van der Waals surface area contributed by atoms with Gasteiger partial charge in [0, 0.05) is 17.3 Å². The van der Waals surface area contributed by atoms with Gasteiger partial charge >= 0.3 is 0 Å². The highest BCUT2D eigenvalue weighted by molar-refractivity contribution is 8.00. The minimum Gasteiger partial charge on any atom is -0.377 e. The van der Waals surface area contributed by atoms with Crippen LogP contribution in [0.4, 0.5) is 0 Å². The molecule has 0 heterocycles. The molecule has 2 heteroatoms. The average Bonchev–Trinajstić information content (AvgIpc) is 2.43. The number of thioether (sulfide) groups is 1. The quantitative estimate of drug-likeness (QED) is 0.679. The van der Waals surface area contributed by atoms with Gasteiger partial charge in [-0.3, -0.25) is 0 Å². The first-order valence-electron chi connectivity index (χ1n) is 7.39. The molecular formula is C18H26OS. The standard InChI is InChI=1S/C18H26OS/c1-5-12-18(19-4)14-17(2,3)13-11-16(18)20-15-9-7-6-8-10-15/h5-10,16H,1,11-14H2,2-4H3/t16-,18+/m0/s1. The van der Waals surface area contributed by atoms with E-state index in [0.29, 0.717) is 10.7 Å². The van der Waals surface area contributed by atoms with E-state index in [2.05, 4.69) is 50.8 Å². The first kappa shape index (κ1) is 15.7. The van der Waals surface area contributed by atoms with Crippen molar-refractivity contribution >= 4 is 11.8 Å². The number of hydrogen-bond acceptors (Lipinski definition) is 2. The van der Waals surface area contributed by atoms with Crippen LogP contribution in [0.25, 0.3) is 0 Å². The summed E-state index contributed by atoms with van der Waals surface area (Å²) >= 11 is 1.96. The van der Waals surface area contributed by atoms with Crippen molar-refractivity contribution in [3.8, 4) is 0 Å². The van der Waals surface area contributed by atoms with Gasteiger partial charge in [0.25, 0.3) is 0 Å². The molecule has 1 fully saturated rings. The Labute approximate surface area is 127 Å². The molecule has 0 radical (unpaired) electrons. The molecule has 0 amide bonds. The minimum absolute atomic E-state index is 0.0794. The Morgan fingerprint density at radius 2 is 2.05 bits per heavy atom.